The highest BCUT2D eigenvalue weighted by molar-refractivity contribution is 5.91. The molecule has 0 atom stereocenters. The Kier molecular flexibility index (Phi) is 4.73. The van der Waals surface area contributed by atoms with Crippen molar-refractivity contribution in [1.29, 1.82) is 0 Å². The summed E-state index contributed by atoms with van der Waals surface area (Å²) >= 11 is 0. The van der Waals surface area contributed by atoms with Gasteiger partial charge in [-0.3, -0.25) is 14.7 Å². The van der Waals surface area contributed by atoms with E-state index < -0.39 is 0 Å². The molecule has 0 bridgehead atoms. The van der Waals surface area contributed by atoms with Gasteiger partial charge in [-0.25, -0.2) is 0 Å². The third kappa shape index (κ3) is 3.60. The minimum atomic E-state index is -0.190. The first-order valence-electron chi connectivity index (χ1n) is 7.79. The number of carbonyl (C=O) groups excluding carboxylic acids is 1. The molecule has 3 rings (SSSR count). The van der Waals surface area contributed by atoms with Crippen LogP contribution in [0.4, 0.5) is 0 Å². The van der Waals surface area contributed by atoms with Crippen molar-refractivity contribution >= 4 is 5.91 Å². The molecule has 6 nitrogen and oxygen atoms in total. The van der Waals surface area contributed by atoms with Crippen molar-refractivity contribution in [2.45, 2.75) is 20.1 Å². The lowest BCUT2D eigenvalue weighted by atomic mass is 10.2. The van der Waals surface area contributed by atoms with Crippen LogP contribution in [0.25, 0.3) is 0 Å². The molecule has 1 N–H and O–H groups in total. The molecule has 0 radical (unpaired) electrons. The predicted octanol–water partition coefficient (Wildman–Crippen LogP) is 1.43. The van der Waals surface area contributed by atoms with Gasteiger partial charge in [0.05, 0.1) is 5.69 Å². The number of pyridine rings is 1. The van der Waals surface area contributed by atoms with E-state index in [0.717, 1.165) is 25.3 Å². The average molecular weight is 315 g/mol. The van der Waals surface area contributed by atoms with Gasteiger partial charge in [-0.2, -0.15) is 0 Å². The molecule has 2 aromatic heterocycles. The first-order valence-corrected chi connectivity index (χ1v) is 7.79. The molecular formula is C17H21N3O3. The fraction of sp³-hybridized carbons (Fsp3) is 0.412. The maximum atomic E-state index is 12.4. The molecule has 23 heavy (non-hydrogen) atoms. The molecule has 0 spiro atoms. The summed E-state index contributed by atoms with van der Waals surface area (Å²) in [5.74, 6) is 0.596. The molecule has 1 aliphatic heterocycles. The number of furan rings is 1. The molecular weight excluding hydrogens is 294 g/mol. The number of aliphatic hydroxyl groups excluding tert-OH is 1. The summed E-state index contributed by atoms with van der Waals surface area (Å²) in [6.07, 6.45) is 1.82. The highest BCUT2D eigenvalue weighted by Crippen LogP contribution is 2.14. The molecule has 3 heterocycles. The van der Waals surface area contributed by atoms with Crippen molar-refractivity contribution in [1.82, 2.24) is 14.8 Å². The second-order valence-corrected chi connectivity index (χ2v) is 5.76. The van der Waals surface area contributed by atoms with Gasteiger partial charge >= 0.3 is 0 Å². The Balaban J connectivity index is 1.56. The molecule has 122 valence electrons. The zero-order valence-electron chi connectivity index (χ0n) is 13.2. The van der Waals surface area contributed by atoms with Gasteiger partial charge in [0.25, 0.3) is 5.91 Å². The van der Waals surface area contributed by atoms with Gasteiger partial charge in [0.2, 0.25) is 0 Å². The van der Waals surface area contributed by atoms with Crippen LogP contribution in [-0.4, -0.2) is 52.0 Å². The van der Waals surface area contributed by atoms with E-state index in [1.165, 1.54) is 5.56 Å². The Bertz CT molecular complexity index is 675. The Morgan fingerprint density at radius 3 is 2.70 bits per heavy atom. The van der Waals surface area contributed by atoms with Gasteiger partial charge in [0.15, 0.2) is 5.76 Å². The van der Waals surface area contributed by atoms with Crippen molar-refractivity contribution in [3.05, 3.63) is 53.2 Å². The lowest BCUT2D eigenvalue weighted by molar-refractivity contribution is 0.0592. The van der Waals surface area contributed by atoms with Crippen LogP contribution in [0.15, 0.2) is 34.9 Å². The maximum Gasteiger partial charge on any atom is 0.289 e. The molecule has 1 fully saturated rings. The summed E-state index contributed by atoms with van der Waals surface area (Å²) in [6, 6.07) is 7.27. The number of rotatable bonds is 4. The molecule has 2 aromatic rings. The second-order valence-electron chi connectivity index (χ2n) is 5.76. The molecule has 0 aliphatic carbocycles. The average Bonchev–Trinajstić information content (AvgIpc) is 3.06. The van der Waals surface area contributed by atoms with Crippen LogP contribution in [0.5, 0.6) is 0 Å². The maximum absolute atomic E-state index is 12.4. The molecule has 6 heteroatoms. The number of aromatic nitrogens is 1. The number of carbonyl (C=O) groups is 1. The number of hydrogen-bond acceptors (Lipinski definition) is 5. The fourth-order valence-electron chi connectivity index (χ4n) is 2.74. The van der Waals surface area contributed by atoms with E-state index in [-0.39, 0.29) is 12.5 Å². The molecule has 0 saturated carbocycles. The van der Waals surface area contributed by atoms with Crippen molar-refractivity contribution in [3.63, 3.8) is 0 Å². The SMILES string of the molecule is Cc1cccnc1CN1CCN(C(=O)c2ccc(CO)o2)CC1. The van der Waals surface area contributed by atoms with Gasteiger partial charge in [-0.05, 0) is 30.7 Å². The quantitative estimate of drug-likeness (QED) is 0.924. The summed E-state index contributed by atoms with van der Waals surface area (Å²) < 4.78 is 5.32. The first-order chi connectivity index (χ1) is 11.2. The van der Waals surface area contributed by atoms with Crippen LogP contribution in [0.1, 0.15) is 27.6 Å². The summed E-state index contributed by atoms with van der Waals surface area (Å²) in [5, 5.41) is 9.01. The lowest BCUT2D eigenvalue weighted by Crippen LogP contribution is -2.48. The third-order valence-electron chi connectivity index (χ3n) is 4.18. The Hall–Kier alpha value is -2.18. The summed E-state index contributed by atoms with van der Waals surface area (Å²) in [5.41, 5.74) is 2.28. The number of aryl methyl sites for hydroxylation is 1. The van der Waals surface area contributed by atoms with Gasteiger partial charge in [0.1, 0.15) is 12.4 Å². The van der Waals surface area contributed by atoms with Crippen LogP contribution >= 0.6 is 0 Å². The zero-order chi connectivity index (χ0) is 16.2. The summed E-state index contributed by atoms with van der Waals surface area (Å²) in [6.45, 7) is 5.65. The Labute approximate surface area is 135 Å². The smallest absolute Gasteiger partial charge is 0.289 e. The monoisotopic (exact) mass is 315 g/mol. The van der Waals surface area contributed by atoms with Crippen molar-refractivity contribution < 1.29 is 14.3 Å². The minimum absolute atomic E-state index is 0.113. The van der Waals surface area contributed by atoms with E-state index in [1.807, 2.05) is 12.3 Å². The van der Waals surface area contributed by atoms with Crippen molar-refractivity contribution in [2.24, 2.45) is 0 Å². The zero-order valence-corrected chi connectivity index (χ0v) is 13.2. The van der Waals surface area contributed by atoms with Crippen molar-refractivity contribution in [3.8, 4) is 0 Å². The summed E-state index contributed by atoms with van der Waals surface area (Å²) in [7, 11) is 0. The summed E-state index contributed by atoms with van der Waals surface area (Å²) in [4.78, 5) is 20.9. The van der Waals surface area contributed by atoms with Gasteiger partial charge < -0.3 is 14.4 Å². The van der Waals surface area contributed by atoms with E-state index in [1.54, 1.807) is 17.0 Å². The van der Waals surface area contributed by atoms with Crippen LogP contribution in [0.2, 0.25) is 0 Å². The highest BCUT2D eigenvalue weighted by Gasteiger charge is 2.24. The highest BCUT2D eigenvalue weighted by atomic mass is 16.4. The van der Waals surface area contributed by atoms with Gasteiger partial charge in [-0.1, -0.05) is 6.07 Å². The topological polar surface area (TPSA) is 69.8 Å². The Morgan fingerprint density at radius 2 is 2.04 bits per heavy atom. The minimum Gasteiger partial charge on any atom is -0.453 e. The Morgan fingerprint density at radius 1 is 1.26 bits per heavy atom. The number of amides is 1. The van der Waals surface area contributed by atoms with Crippen LogP contribution in [-0.2, 0) is 13.2 Å². The van der Waals surface area contributed by atoms with E-state index in [0.29, 0.717) is 24.6 Å². The van der Waals surface area contributed by atoms with Crippen LogP contribution in [0, 0.1) is 6.92 Å². The predicted molar refractivity (Wildman–Crippen MR) is 84.8 cm³/mol. The molecule has 0 unspecified atom stereocenters. The van der Waals surface area contributed by atoms with E-state index in [9.17, 15) is 4.79 Å². The van der Waals surface area contributed by atoms with Crippen molar-refractivity contribution in [2.75, 3.05) is 26.2 Å². The number of aliphatic hydroxyl groups is 1. The van der Waals surface area contributed by atoms with E-state index >= 15 is 0 Å². The van der Waals surface area contributed by atoms with Crippen LogP contribution in [0.3, 0.4) is 0 Å². The lowest BCUT2D eigenvalue weighted by Gasteiger charge is -2.34. The standard InChI is InChI=1S/C17H21N3O3/c1-13-3-2-6-18-15(13)11-19-7-9-20(10-8-19)17(22)16-5-4-14(12-21)23-16/h2-6,21H,7-12H2,1H3. The number of nitrogens with zero attached hydrogens (tertiary/aromatic N) is 3. The first kappa shape index (κ1) is 15.7. The molecule has 1 amide bonds. The van der Waals surface area contributed by atoms with E-state index in [2.05, 4.69) is 22.9 Å². The van der Waals surface area contributed by atoms with E-state index in [4.69, 9.17) is 9.52 Å². The number of piperazine rings is 1. The van der Waals surface area contributed by atoms with Gasteiger partial charge in [0, 0.05) is 38.9 Å². The largest absolute Gasteiger partial charge is 0.453 e. The molecule has 1 aliphatic rings. The van der Waals surface area contributed by atoms with Gasteiger partial charge in [-0.15, -0.1) is 0 Å². The molecule has 0 aromatic carbocycles. The molecule has 1 saturated heterocycles. The fourth-order valence-corrected chi connectivity index (χ4v) is 2.74. The van der Waals surface area contributed by atoms with Crippen LogP contribution < -0.4 is 0 Å². The number of hydrogen-bond donors (Lipinski definition) is 1. The third-order valence-corrected chi connectivity index (χ3v) is 4.18. The second kappa shape index (κ2) is 6.93. The normalized spacial score (nSPS) is 15.8.